The molecule has 0 radical (unpaired) electrons. The van der Waals surface area contributed by atoms with Gasteiger partial charge >= 0.3 is 0 Å². The maximum Gasteiger partial charge on any atom is 0.272 e. The van der Waals surface area contributed by atoms with Crippen molar-refractivity contribution < 1.29 is 15.0 Å². The summed E-state index contributed by atoms with van der Waals surface area (Å²) in [7, 11) is 0. The molecule has 6 nitrogen and oxygen atoms in total. The lowest BCUT2D eigenvalue weighted by Crippen LogP contribution is -2.20. The number of phenolic OH excluding ortho intramolecular Hbond substituents is 2. The number of pyridine rings is 1. The van der Waals surface area contributed by atoms with Gasteiger partial charge in [0.15, 0.2) is 0 Å². The van der Waals surface area contributed by atoms with Crippen LogP contribution in [-0.2, 0) is 0 Å². The molecule has 1 heterocycles. The summed E-state index contributed by atoms with van der Waals surface area (Å²) in [5.41, 5.74) is 6.08. The summed E-state index contributed by atoms with van der Waals surface area (Å²) in [6, 6.07) is 21.1. The lowest BCUT2D eigenvalue weighted by Gasteiger charge is -2.11. The SMILES string of the molecule is CC/C(=N\NC(=O)c1cc(-c2cccc(Br)c2)nc2ccccc12)c1cc(O)ccc1O. The Morgan fingerprint density at radius 3 is 2.59 bits per heavy atom. The van der Waals surface area contributed by atoms with Gasteiger partial charge in [0.25, 0.3) is 5.91 Å². The van der Waals surface area contributed by atoms with Crippen molar-refractivity contribution in [3.05, 3.63) is 88.4 Å². The molecule has 0 aliphatic heterocycles. The van der Waals surface area contributed by atoms with Crippen molar-refractivity contribution in [2.75, 3.05) is 0 Å². The fourth-order valence-corrected chi connectivity index (χ4v) is 3.82. The van der Waals surface area contributed by atoms with Gasteiger partial charge in [-0.05, 0) is 48.9 Å². The molecule has 1 amide bonds. The number of amides is 1. The van der Waals surface area contributed by atoms with Crippen LogP contribution >= 0.6 is 15.9 Å². The molecule has 0 unspecified atom stereocenters. The predicted molar refractivity (Wildman–Crippen MR) is 129 cm³/mol. The van der Waals surface area contributed by atoms with E-state index in [1.54, 1.807) is 6.07 Å². The number of rotatable bonds is 5. The Balaban J connectivity index is 1.74. The number of hydrogen-bond acceptors (Lipinski definition) is 5. The van der Waals surface area contributed by atoms with E-state index in [1.165, 1.54) is 18.2 Å². The topological polar surface area (TPSA) is 94.8 Å². The van der Waals surface area contributed by atoms with E-state index in [0.717, 1.165) is 10.0 Å². The fourth-order valence-electron chi connectivity index (χ4n) is 3.42. The minimum absolute atomic E-state index is 0.00377. The highest BCUT2D eigenvalue weighted by Crippen LogP contribution is 2.27. The number of phenols is 2. The summed E-state index contributed by atoms with van der Waals surface area (Å²) in [6.45, 7) is 1.85. The number of para-hydroxylation sites is 1. The molecular formula is C25H20BrN3O3. The third-order valence-corrected chi connectivity index (χ3v) is 5.49. The van der Waals surface area contributed by atoms with E-state index in [0.29, 0.717) is 39.9 Å². The van der Waals surface area contributed by atoms with Crippen LogP contribution in [0, 0.1) is 0 Å². The Morgan fingerprint density at radius 1 is 1.00 bits per heavy atom. The van der Waals surface area contributed by atoms with Crippen LogP contribution in [0.3, 0.4) is 0 Å². The van der Waals surface area contributed by atoms with E-state index in [9.17, 15) is 15.0 Å². The van der Waals surface area contributed by atoms with Crippen LogP contribution in [0.2, 0.25) is 0 Å². The van der Waals surface area contributed by atoms with E-state index in [4.69, 9.17) is 4.98 Å². The monoisotopic (exact) mass is 489 g/mol. The first-order chi connectivity index (χ1) is 15.5. The second-order valence-corrected chi connectivity index (χ2v) is 8.05. The molecule has 0 saturated carbocycles. The third kappa shape index (κ3) is 4.48. The fraction of sp³-hybridized carbons (Fsp3) is 0.0800. The van der Waals surface area contributed by atoms with Crippen molar-refractivity contribution >= 4 is 38.5 Å². The molecule has 0 saturated heterocycles. The Morgan fingerprint density at radius 2 is 1.81 bits per heavy atom. The van der Waals surface area contributed by atoms with Crippen LogP contribution in [-0.4, -0.2) is 26.8 Å². The summed E-state index contributed by atoms with van der Waals surface area (Å²) in [4.78, 5) is 17.9. The number of benzene rings is 3. The highest BCUT2D eigenvalue weighted by atomic mass is 79.9. The molecule has 32 heavy (non-hydrogen) atoms. The third-order valence-electron chi connectivity index (χ3n) is 5.00. The number of carbonyl (C=O) groups excluding carboxylic acids is 1. The maximum absolute atomic E-state index is 13.1. The molecule has 1 aromatic heterocycles. The Kier molecular flexibility index (Phi) is 6.18. The van der Waals surface area contributed by atoms with Crippen LogP contribution in [0.5, 0.6) is 11.5 Å². The lowest BCUT2D eigenvalue weighted by molar-refractivity contribution is 0.0956. The van der Waals surface area contributed by atoms with E-state index in [2.05, 4.69) is 26.5 Å². The van der Waals surface area contributed by atoms with Gasteiger partial charge in [0.05, 0.1) is 22.5 Å². The second kappa shape index (κ2) is 9.20. The number of halogens is 1. The van der Waals surface area contributed by atoms with Crippen LogP contribution in [0.4, 0.5) is 0 Å². The number of aromatic nitrogens is 1. The minimum Gasteiger partial charge on any atom is -0.508 e. The molecule has 4 rings (SSSR count). The van der Waals surface area contributed by atoms with Gasteiger partial charge in [-0.3, -0.25) is 4.79 Å². The number of nitrogens with zero attached hydrogens (tertiary/aromatic N) is 2. The van der Waals surface area contributed by atoms with Gasteiger partial charge in [-0.2, -0.15) is 5.10 Å². The van der Waals surface area contributed by atoms with Crippen LogP contribution < -0.4 is 5.43 Å². The summed E-state index contributed by atoms with van der Waals surface area (Å²) >= 11 is 3.48. The maximum atomic E-state index is 13.1. The minimum atomic E-state index is -0.398. The number of aromatic hydroxyl groups is 2. The molecule has 0 aliphatic rings. The predicted octanol–water partition coefficient (Wildman–Crippen LogP) is 5.62. The normalized spacial score (nSPS) is 11.5. The summed E-state index contributed by atoms with van der Waals surface area (Å²) in [5, 5.41) is 24.8. The molecule has 7 heteroatoms. The Bertz CT molecular complexity index is 1350. The Hall–Kier alpha value is -3.71. The highest BCUT2D eigenvalue weighted by molar-refractivity contribution is 9.10. The average molecular weight is 490 g/mol. The number of nitrogens with one attached hydrogen (secondary N) is 1. The van der Waals surface area contributed by atoms with E-state index in [1.807, 2.05) is 55.5 Å². The summed E-state index contributed by atoms with van der Waals surface area (Å²) < 4.78 is 0.916. The zero-order valence-corrected chi connectivity index (χ0v) is 18.8. The van der Waals surface area contributed by atoms with Crippen molar-refractivity contribution in [3.8, 4) is 22.8 Å². The van der Waals surface area contributed by atoms with Crippen molar-refractivity contribution in [2.45, 2.75) is 13.3 Å². The molecule has 0 aliphatic carbocycles. The van der Waals surface area contributed by atoms with Gasteiger partial charge in [0.1, 0.15) is 11.5 Å². The molecule has 0 atom stereocenters. The summed E-state index contributed by atoms with van der Waals surface area (Å²) in [6.07, 6.45) is 0.442. The number of hydrazone groups is 1. The molecule has 0 fully saturated rings. The largest absolute Gasteiger partial charge is 0.508 e. The first-order valence-electron chi connectivity index (χ1n) is 10.0. The van der Waals surface area contributed by atoms with E-state index in [-0.39, 0.29) is 11.5 Å². The van der Waals surface area contributed by atoms with Gasteiger partial charge in [-0.15, -0.1) is 0 Å². The first kappa shape index (κ1) is 21.5. The second-order valence-electron chi connectivity index (χ2n) is 7.14. The average Bonchev–Trinajstić information content (AvgIpc) is 2.80. The number of carbonyl (C=O) groups is 1. The van der Waals surface area contributed by atoms with Crippen LogP contribution in [0.1, 0.15) is 29.3 Å². The molecule has 160 valence electrons. The quantitative estimate of drug-likeness (QED) is 0.192. The van der Waals surface area contributed by atoms with Gasteiger partial charge in [0, 0.05) is 21.0 Å². The van der Waals surface area contributed by atoms with Gasteiger partial charge in [0.2, 0.25) is 0 Å². The lowest BCUT2D eigenvalue weighted by atomic mass is 10.0. The zero-order valence-electron chi connectivity index (χ0n) is 17.2. The highest BCUT2D eigenvalue weighted by Gasteiger charge is 2.15. The number of hydrogen-bond donors (Lipinski definition) is 3. The molecular weight excluding hydrogens is 470 g/mol. The van der Waals surface area contributed by atoms with E-state index >= 15 is 0 Å². The van der Waals surface area contributed by atoms with Crippen molar-refractivity contribution in [2.24, 2.45) is 5.10 Å². The van der Waals surface area contributed by atoms with E-state index < -0.39 is 5.91 Å². The molecule has 3 N–H and O–H groups in total. The molecule has 0 bridgehead atoms. The van der Waals surface area contributed by atoms with Crippen molar-refractivity contribution in [1.29, 1.82) is 0 Å². The van der Waals surface area contributed by atoms with Crippen molar-refractivity contribution in [3.63, 3.8) is 0 Å². The van der Waals surface area contributed by atoms with Gasteiger partial charge in [-0.25, -0.2) is 10.4 Å². The molecule has 0 spiro atoms. The van der Waals surface area contributed by atoms with Gasteiger partial charge in [-0.1, -0.05) is 53.2 Å². The molecule has 3 aromatic carbocycles. The summed E-state index contributed by atoms with van der Waals surface area (Å²) in [5.74, 6) is -0.418. The molecule has 4 aromatic rings. The van der Waals surface area contributed by atoms with Crippen LogP contribution in [0.25, 0.3) is 22.2 Å². The Labute approximate surface area is 193 Å². The van der Waals surface area contributed by atoms with Crippen LogP contribution in [0.15, 0.2) is 82.4 Å². The van der Waals surface area contributed by atoms with Crippen molar-refractivity contribution in [1.82, 2.24) is 10.4 Å². The van der Waals surface area contributed by atoms with Gasteiger partial charge < -0.3 is 10.2 Å². The number of fused-ring (bicyclic) bond motifs is 1. The standard InChI is InChI=1S/C25H20BrN3O3/c1-2-21(20-13-17(30)10-11-24(20)31)28-29-25(32)19-14-23(15-6-5-7-16(26)12-15)27-22-9-4-3-8-18(19)22/h3-14,30-31H,2H2,1H3,(H,29,32)/b28-21+. The zero-order chi connectivity index (χ0) is 22.7. The smallest absolute Gasteiger partial charge is 0.272 e. The first-order valence-corrected chi connectivity index (χ1v) is 10.8.